The molecular weight excluding hydrogens is 336 g/mol. The molecule has 2 aromatic rings. The number of hydrogen-bond donors (Lipinski definition) is 0. The van der Waals surface area contributed by atoms with Gasteiger partial charge in [0.1, 0.15) is 6.10 Å². The smallest absolute Gasteiger partial charge is 0.202 e. The van der Waals surface area contributed by atoms with Gasteiger partial charge in [-0.1, -0.05) is 66.6 Å². The van der Waals surface area contributed by atoms with Crippen LogP contribution >= 0.6 is 0 Å². The highest BCUT2D eigenvalue weighted by Gasteiger charge is 2.76. The number of fused-ring (bicyclic) bond motifs is 1. The first-order valence-corrected chi connectivity index (χ1v) is 10.2. The van der Waals surface area contributed by atoms with Gasteiger partial charge >= 0.3 is 0 Å². The number of rotatable bonds is 3. The molecule has 142 valence electrons. The van der Waals surface area contributed by atoms with Crippen molar-refractivity contribution in [2.24, 2.45) is 5.92 Å². The zero-order valence-electron chi connectivity index (χ0n) is 16.4. The van der Waals surface area contributed by atoms with Crippen LogP contribution < -0.4 is 0 Å². The van der Waals surface area contributed by atoms with E-state index >= 15 is 0 Å². The first-order valence-electron chi connectivity index (χ1n) is 10.2. The quantitative estimate of drug-likeness (QED) is 0.668. The van der Waals surface area contributed by atoms with E-state index in [1.165, 1.54) is 16.7 Å². The van der Waals surface area contributed by atoms with Gasteiger partial charge in [-0.05, 0) is 43.7 Å². The molecule has 2 saturated carbocycles. The van der Waals surface area contributed by atoms with E-state index in [0.717, 1.165) is 31.2 Å². The van der Waals surface area contributed by atoms with Gasteiger partial charge in [0.2, 0.25) is 5.79 Å². The van der Waals surface area contributed by atoms with Gasteiger partial charge in [0.05, 0.1) is 0 Å². The topological polar surface area (TPSA) is 27.7 Å². The van der Waals surface area contributed by atoms with E-state index in [4.69, 9.17) is 14.5 Å². The van der Waals surface area contributed by atoms with E-state index in [1.54, 1.807) is 0 Å². The van der Waals surface area contributed by atoms with Crippen molar-refractivity contribution in [1.82, 2.24) is 0 Å². The third-order valence-corrected chi connectivity index (χ3v) is 6.82. The van der Waals surface area contributed by atoms with Gasteiger partial charge in [-0.3, -0.25) is 0 Å². The molecule has 1 heterocycles. The highest BCUT2D eigenvalue weighted by atomic mass is 17.3. The largest absolute Gasteiger partial charge is 0.340 e. The number of aryl methyl sites for hydroxylation is 2. The Morgan fingerprint density at radius 2 is 1.44 bits per heavy atom. The molecule has 5 rings (SSSR count). The zero-order valence-corrected chi connectivity index (χ0v) is 16.4. The summed E-state index contributed by atoms with van der Waals surface area (Å²) in [6.07, 6.45) is 4.19. The summed E-state index contributed by atoms with van der Waals surface area (Å²) in [4.78, 5) is 12.2. The summed E-state index contributed by atoms with van der Waals surface area (Å²) in [5.41, 5.74) is 4.54. The van der Waals surface area contributed by atoms with Gasteiger partial charge in [-0.25, -0.2) is 9.78 Å². The van der Waals surface area contributed by atoms with Gasteiger partial charge in [-0.15, -0.1) is 0 Å². The van der Waals surface area contributed by atoms with Crippen LogP contribution in [-0.2, 0) is 20.1 Å². The molecule has 2 aliphatic carbocycles. The molecule has 2 aromatic carbocycles. The van der Waals surface area contributed by atoms with Crippen LogP contribution in [0.4, 0.5) is 0 Å². The number of ether oxygens (including phenoxy) is 1. The first kappa shape index (κ1) is 17.4. The van der Waals surface area contributed by atoms with E-state index in [1.807, 2.05) is 0 Å². The van der Waals surface area contributed by atoms with E-state index < -0.39 is 11.4 Å². The zero-order chi connectivity index (χ0) is 18.6. The molecule has 0 N–H and O–H groups in total. The minimum atomic E-state index is -0.527. The maximum atomic E-state index is 6.63. The Balaban J connectivity index is 1.50. The minimum absolute atomic E-state index is 0.0448. The highest BCUT2D eigenvalue weighted by molar-refractivity contribution is 5.40. The molecule has 4 atom stereocenters. The minimum Gasteiger partial charge on any atom is -0.340 e. The summed E-state index contributed by atoms with van der Waals surface area (Å²) >= 11 is 0. The van der Waals surface area contributed by atoms with Crippen molar-refractivity contribution in [3.63, 3.8) is 0 Å². The van der Waals surface area contributed by atoms with Crippen LogP contribution in [0.3, 0.4) is 0 Å². The molecule has 3 fully saturated rings. The van der Waals surface area contributed by atoms with Crippen LogP contribution in [0.5, 0.6) is 0 Å². The van der Waals surface area contributed by atoms with Crippen molar-refractivity contribution in [2.45, 2.75) is 69.9 Å². The molecule has 1 spiro atoms. The van der Waals surface area contributed by atoms with Gasteiger partial charge < -0.3 is 4.74 Å². The fourth-order valence-electron chi connectivity index (χ4n) is 5.06. The number of benzene rings is 2. The van der Waals surface area contributed by atoms with Gasteiger partial charge in [0, 0.05) is 18.8 Å². The average Bonchev–Trinajstić information content (AvgIpc) is 3.11. The van der Waals surface area contributed by atoms with E-state index in [0.29, 0.717) is 5.92 Å². The van der Waals surface area contributed by atoms with Gasteiger partial charge in [0.25, 0.3) is 0 Å². The molecule has 2 unspecified atom stereocenters. The number of hydrogen-bond acceptors (Lipinski definition) is 3. The summed E-state index contributed by atoms with van der Waals surface area (Å²) < 4.78 is 6.63. The Morgan fingerprint density at radius 1 is 0.852 bits per heavy atom. The molecule has 3 nitrogen and oxygen atoms in total. The van der Waals surface area contributed by atoms with Gasteiger partial charge in [0.15, 0.2) is 5.60 Å². The second kappa shape index (κ2) is 6.16. The van der Waals surface area contributed by atoms with Crippen LogP contribution in [0.1, 0.15) is 60.8 Å². The normalized spacial score (nSPS) is 32.3. The molecule has 1 saturated heterocycles. The average molecular weight is 364 g/mol. The van der Waals surface area contributed by atoms with Crippen LogP contribution in [0, 0.1) is 19.8 Å². The van der Waals surface area contributed by atoms with Crippen LogP contribution in [0.2, 0.25) is 0 Å². The fourth-order valence-corrected chi connectivity index (χ4v) is 5.06. The van der Waals surface area contributed by atoms with Crippen LogP contribution in [0.25, 0.3) is 0 Å². The van der Waals surface area contributed by atoms with Crippen molar-refractivity contribution in [3.8, 4) is 0 Å². The molecule has 0 radical (unpaired) electrons. The lowest BCUT2D eigenvalue weighted by atomic mass is 9.91. The summed E-state index contributed by atoms with van der Waals surface area (Å²) in [6, 6.07) is 17.5. The Morgan fingerprint density at radius 3 is 2.07 bits per heavy atom. The maximum Gasteiger partial charge on any atom is 0.202 e. The predicted molar refractivity (Wildman–Crippen MR) is 104 cm³/mol. The van der Waals surface area contributed by atoms with Crippen molar-refractivity contribution >= 4 is 0 Å². The third-order valence-electron chi connectivity index (χ3n) is 6.82. The second-order valence-corrected chi connectivity index (χ2v) is 8.71. The Bertz CT molecular complexity index is 820. The summed E-state index contributed by atoms with van der Waals surface area (Å²) in [6.45, 7) is 6.53. The maximum absolute atomic E-state index is 6.63. The summed E-state index contributed by atoms with van der Waals surface area (Å²) in [5, 5.41) is 0. The lowest BCUT2D eigenvalue weighted by molar-refractivity contribution is -0.491. The molecule has 1 aliphatic heterocycles. The molecule has 0 aromatic heterocycles. The predicted octanol–water partition coefficient (Wildman–Crippen LogP) is 5.55. The molecule has 3 heteroatoms. The molecule has 0 amide bonds. The highest BCUT2D eigenvalue weighted by Crippen LogP contribution is 2.67. The van der Waals surface area contributed by atoms with Crippen molar-refractivity contribution in [2.75, 3.05) is 0 Å². The summed E-state index contributed by atoms with van der Waals surface area (Å²) in [7, 11) is 0. The SMILES string of the molecule is Cc1ccc(C(C)C2[C@H]3OC4(CCCC4)OO[C@@]23c2ccc(C)cc2)cc1. The lowest BCUT2D eigenvalue weighted by Crippen LogP contribution is -2.42. The Hall–Kier alpha value is -1.68. The Labute approximate surface area is 161 Å². The fraction of sp³-hybridized carbons (Fsp3) is 0.500. The monoisotopic (exact) mass is 364 g/mol. The van der Waals surface area contributed by atoms with Gasteiger partial charge in [-0.2, -0.15) is 0 Å². The summed E-state index contributed by atoms with van der Waals surface area (Å²) in [5.74, 6) is 0.0561. The second-order valence-electron chi connectivity index (χ2n) is 8.71. The molecule has 0 bridgehead atoms. The van der Waals surface area contributed by atoms with Crippen molar-refractivity contribution in [3.05, 3.63) is 70.8 Å². The van der Waals surface area contributed by atoms with Crippen molar-refractivity contribution < 1.29 is 14.5 Å². The molecule has 3 aliphatic rings. The molecule has 27 heavy (non-hydrogen) atoms. The van der Waals surface area contributed by atoms with Crippen molar-refractivity contribution in [1.29, 1.82) is 0 Å². The Kier molecular flexibility index (Phi) is 3.98. The standard InChI is InChI=1S/C24H28O3/c1-16-6-10-19(11-7-16)18(3)21-22-24(21,20-12-8-17(2)9-13-20)27-26-23(25-22)14-4-5-15-23/h6-13,18,21-22H,4-5,14-15H2,1-3H3/t18?,21?,22-,24+/m1/s1. The van der Waals surface area contributed by atoms with E-state index in [-0.39, 0.29) is 12.0 Å². The lowest BCUT2D eigenvalue weighted by Gasteiger charge is -2.35. The third kappa shape index (κ3) is 2.67. The van der Waals surface area contributed by atoms with Crippen LogP contribution in [0.15, 0.2) is 48.5 Å². The van der Waals surface area contributed by atoms with E-state index in [9.17, 15) is 0 Å². The van der Waals surface area contributed by atoms with Crippen LogP contribution in [-0.4, -0.2) is 11.9 Å². The molecular formula is C24H28O3. The van der Waals surface area contributed by atoms with E-state index in [2.05, 4.69) is 69.3 Å². The first-order chi connectivity index (χ1) is 13.0.